The van der Waals surface area contributed by atoms with Crippen molar-refractivity contribution in [2.45, 2.75) is 6.42 Å². The van der Waals surface area contributed by atoms with Crippen LogP contribution in [-0.4, -0.2) is 73.7 Å². The van der Waals surface area contributed by atoms with Crippen LogP contribution in [0.5, 0.6) is 5.75 Å². The fraction of sp³-hybridized carbons (Fsp3) is 0.370. The molecule has 2 aliphatic rings. The van der Waals surface area contributed by atoms with E-state index in [0.717, 1.165) is 51.4 Å². The lowest BCUT2D eigenvalue weighted by molar-refractivity contribution is 0.102. The fourth-order valence-corrected chi connectivity index (χ4v) is 4.63. The molecule has 0 aliphatic carbocycles. The number of nitrogens with zero attached hydrogens (tertiary/aromatic N) is 3. The van der Waals surface area contributed by atoms with Gasteiger partial charge in [-0.05, 0) is 50.3 Å². The van der Waals surface area contributed by atoms with Gasteiger partial charge in [-0.15, -0.1) is 0 Å². The molecule has 4 N–H and O–H groups in total. The maximum absolute atomic E-state index is 13.2. The number of hydrogen-bond acceptors (Lipinski definition) is 8. The van der Waals surface area contributed by atoms with Crippen LogP contribution in [0, 0.1) is 5.92 Å². The molecule has 1 atom stereocenters. The van der Waals surface area contributed by atoms with Gasteiger partial charge in [0, 0.05) is 68.5 Å². The molecule has 10 heteroatoms. The highest BCUT2D eigenvalue weighted by molar-refractivity contribution is 6.08. The fourth-order valence-electron chi connectivity index (χ4n) is 4.63. The lowest BCUT2D eigenvalue weighted by Gasteiger charge is -2.34. The number of benzene rings is 1. The second-order valence-electron chi connectivity index (χ2n) is 9.55. The maximum Gasteiger partial charge on any atom is 0.263 e. The van der Waals surface area contributed by atoms with E-state index in [4.69, 9.17) is 4.74 Å². The summed E-state index contributed by atoms with van der Waals surface area (Å²) >= 11 is 0. The van der Waals surface area contributed by atoms with Gasteiger partial charge in [0.1, 0.15) is 11.3 Å². The highest BCUT2D eigenvalue weighted by Gasteiger charge is 2.20. The third-order valence-corrected chi connectivity index (χ3v) is 6.87. The molecule has 0 spiro atoms. The summed E-state index contributed by atoms with van der Waals surface area (Å²) < 4.78 is 6.05. The van der Waals surface area contributed by atoms with E-state index in [1.807, 2.05) is 24.3 Å². The maximum atomic E-state index is 13.2. The smallest absolute Gasteiger partial charge is 0.263 e. The van der Waals surface area contributed by atoms with E-state index in [-0.39, 0.29) is 5.56 Å². The highest BCUT2D eigenvalue weighted by atomic mass is 16.5. The van der Waals surface area contributed by atoms with E-state index in [1.165, 1.54) is 6.20 Å². The number of aromatic nitrogens is 2. The molecule has 2 saturated heterocycles. The second-order valence-corrected chi connectivity index (χ2v) is 9.55. The van der Waals surface area contributed by atoms with Crippen LogP contribution in [0.25, 0.3) is 0 Å². The number of piperazine rings is 1. The number of nitrogens with one attached hydrogen (secondary N) is 4. The van der Waals surface area contributed by atoms with Crippen LogP contribution in [0.1, 0.15) is 16.8 Å². The number of aromatic amines is 1. The van der Waals surface area contributed by atoms with Crippen LogP contribution in [0.2, 0.25) is 0 Å². The van der Waals surface area contributed by atoms with Crippen LogP contribution >= 0.6 is 0 Å². The van der Waals surface area contributed by atoms with Gasteiger partial charge in [-0.3, -0.25) is 14.6 Å². The Kier molecular flexibility index (Phi) is 7.67. The quantitative estimate of drug-likeness (QED) is 0.371. The average Bonchev–Trinajstić information content (AvgIpc) is 3.43. The molecule has 2 fully saturated rings. The summed E-state index contributed by atoms with van der Waals surface area (Å²) in [5, 5.41) is 9.38. The molecule has 194 valence electrons. The van der Waals surface area contributed by atoms with Crippen molar-refractivity contribution in [1.82, 2.24) is 20.2 Å². The van der Waals surface area contributed by atoms with Gasteiger partial charge in [0.05, 0.1) is 24.2 Å². The van der Waals surface area contributed by atoms with Crippen LogP contribution < -0.4 is 31.1 Å². The minimum atomic E-state index is -0.500. The molecule has 3 aromatic rings. The summed E-state index contributed by atoms with van der Waals surface area (Å²) in [7, 11) is 2.13. The highest BCUT2D eigenvalue weighted by Crippen LogP contribution is 2.28. The summed E-state index contributed by atoms with van der Waals surface area (Å²) in [6.07, 6.45) is 5.86. The molecule has 0 bridgehead atoms. The van der Waals surface area contributed by atoms with Crippen LogP contribution in [0.15, 0.2) is 59.8 Å². The molecule has 2 aromatic heterocycles. The zero-order valence-electron chi connectivity index (χ0n) is 21.0. The number of anilines is 4. The molecule has 1 aromatic carbocycles. The number of hydrogen-bond donors (Lipinski definition) is 4. The lowest BCUT2D eigenvalue weighted by Crippen LogP contribution is -2.44. The van der Waals surface area contributed by atoms with Gasteiger partial charge in [0.25, 0.3) is 11.5 Å². The van der Waals surface area contributed by atoms with Crippen molar-refractivity contribution in [3.8, 4) is 5.75 Å². The van der Waals surface area contributed by atoms with Crippen LogP contribution in [0.3, 0.4) is 0 Å². The average molecular weight is 504 g/mol. The minimum Gasteiger partial charge on any atom is -0.491 e. The van der Waals surface area contributed by atoms with Gasteiger partial charge in [-0.2, -0.15) is 0 Å². The van der Waals surface area contributed by atoms with Gasteiger partial charge in [-0.1, -0.05) is 0 Å². The second kappa shape index (κ2) is 11.4. The zero-order valence-corrected chi connectivity index (χ0v) is 21.0. The van der Waals surface area contributed by atoms with E-state index in [1.54, 1.807) is 24.5 Å². The Labute approximate surface area is 216 Å². The largest absolute Gasteiger partial charge is 0.491 e. The zero-order chi connectivity index (χ0) is 25.6. The predicted molar refractivity (Wildman–Crippen MR) is 145 cm³/mol. The van der Waals surface area contributed by atoms with Crippen molar-refractivity contribution in [2.75, 3.05) is 68.5 Å². The Bertz CT molecular complexity index is 1260. The number of H-pyrrole nitrogens is 1. The summed E-state index contributed by atoms with van der Waals surface area (Å²) in [6, 6.07) is 11.1. The van der Waals surface area contributed by atoms with Gasteiger partial charge in [0.2, 0.25) is 0 Å². The number of pyridine rings is 2. The molecule has 2 aliphatic heterocycles. The predicted octanol–water partition coefficient (Wildman–Crippen LogP) is 2.51. The number of carbonyl (C=O) groups excluding carboxylic acids is 1. The van der Waals surface area contributed by atoms with Crippen molar-refractivity contribution in [1.29, 1.82) is 0 Å². The summed E-state index contributed by atoms with van der Waals surface area (Å²) in [5.41, 5.74) is 2.19. The molecule has 4 heterocycles. The van der Waals surface area contributed by atoms with E-state index < -0.39 is 11.5 Å². The van der Waals surface area contributed by atoms with Crippen LogP contribution in [-0.2, 0) is 0 Å². The molecular formula is C27H33N7O3. The summed E-state index contributed by atoms with van der Waals surface area (Å²) in [5.74, 6) is 0.567. The van der Waals surface area contributed by atoms with E-state index >= 15 is 0 Å². The molecule has 0 saturated carbocycles. The van der Waals surface area contributed by atoms with Crippen molar-refractivity contribution < 1.29 is 9.53 Å². The Hall–Kier alpha value is -3.89. The molecule has 0 radical (unpaired) electrons. The van der Waals surface area contributed by atoms with Gasteiger partial charge < -0.3 is 35.5 Å². The third-order valence-electron chi connectivity index (χ3n) is 6.87. The van der Waals surface area contributed by atoms with Crippen molar-refractivity contribution in [2.24, 2.45) is 5.92 Å². The molecule has 37 heavy (non-hydrogen) atoms. The first-order chi connectivity index (χ1) is 18.1. The Morgan fingerprint density at radius 2 is 1.92 bits per heavy atom. The molecular weight excluding hydrogens is 470 g/mol. The van der Waals surface area contributed by atoms with E-state index in [0.29, 0.717) is 35.3 Å². The minimum absolute atomic E-state index is 0.0135. The number of ether oxygens (including phenoxy) is 1. The Morgan fingerprint density at radius 3 is 2.68 bits per heavy atom. The van der Waals surface area contributed by atoms with E-state index in [9.17, 15) is 9.59 Å². The molecule has 1 amide bonds. The number of carbonyl (C=O) groups is 1. The standard InChI is InChI=1S/C27H33N7O3/c1-33-12-14-34(15-13-33)21-4-2-20(3-5-21)31-27(36)25-22(7-11-30-26(25)35)32-23-17-29-10-8-24(23)37-18-19-6-9-28-16-19/h2-5,7-8,10-11,17,19,28H,6,9,12-16,18H2,1H3,(H,31,36)(H2,30,32,35). The topological polar surface area (TPSA) is 115 Å². The van der Waals surface area contributed by atoms with Gasteiger partial charge in [0.15, 0.2) is 0 Å². The molecule has 10 nitrogen and oxygen atoms in total. The normalized spacial score (nSPS) is 18.0. The number of likely N-dealkylation sites (N-methyl/N-ethyl adjacent to an activating group) is 1. The third kappa shape index (κ3) is 6.10. The van der Waals surface area contributed by atoms with Crippen molar-refractivity contribution in [3.05, 3.63) is 70.9 Å². The monoisotopic (exact) mass is 503 g/mol. The number of rotatable bonds is 8. The first-order valence-corrected chi connectivity index (χ1v) is 12.7. The molecule has 5 rings (SSSR count). The summed E-state index contributed by atoms with van der Waals surface area (Å²) in [6.45, 7) is 6.49. The van der Waals surface area contributed by atoms with Crippen molar-refractivity contribution >= 4 is 28.7 Å². The van der Waals surface area contributed by atoms with Crippen LogP contribution in [0.4, 0.5) is 22.7 Å². The molecule has 1 unspecified atom stereocenters. The lowest BCUT2D eigenvalue weighted by atomic mass is 10.1. The first-order valence-electron chi connectivity index (χ1n) is 12.7. The Balaban J connectivity index is 1.29. The van der Waals surface area contributed by atoms with E-state index in [2.05, 4.69) is 42.8 Å². The first kappa shape index (κ1) is 24.8. The number of amides is 1. The SMILES string of the molecule is CN1CCN(c2ccc(NC(=O)c3c(Nc4cnccc4OCC4CCNC4)cc[nH]c3=O)cc2)CC1. The Morgan fingerprint density at radius 1 is 1.11 bits per heavy atom. The van der Waals surface area contributed by atoms with Gasteiger partial charge >= 0.3 is 0 Å². The van der Waals surface area contributed by atoms with Gasteiger partial charge in [-0.25, -0.2) is 0 Å². The summed E-state index contributed by atoms with van der Waals surface area (Å²) in [4.78, 5) is 37.4. The van der Waals surface area contributed by atoms with Crippen molar-refractivity contribution in [3.63, 3.8) is 0 Å².